The smallest absolute Gasteiger partial charge is 0.417 e. The van der Waals surface area contributed by atoms with Crippen molar-refractivity contribution in [2.75, 3.05) is 26.1 Å². The minimum Gasteiger partial charge on any atom is -0.465 e. The highest BCUT2D eigenvalue weighted by Gasteiger charge is 2.34. The summed E-state index contributed by atoms with van der Waals surface area (Å²) in [6.45, 7) is -0.411. The molecule has 0 atom stereocenters. The van der Waals surface area contributed by atoms with E-state index in [0.717, 1.165) is 12.1 Å². The molecule has 0 bridgehead atoms. The van der Waals surface area contributed by atoms with Gasteiger partial charge in [-0.2, -0.15) is 13.2 Å². The second kappa shape index (κ2) is 9.88. The summed E-state index contributed by atoms with van der Waals surface area (Å²) >= 11 is 0. The lowest BCUT2D eigenvalue weighted by molar-refractivity contribution is -0.138. The lowest BCUT2D eigenvalue weighted by atomic mass is 10.1. The zero-order valence-corrected chi connectivity index (χ0v) is 16.1. The van der Waals surface area contributed by atoms with Crippen LogP contribution in [0.25, 0.3) is 0 Å². The van der Waals surface area contributed by atoms with E-state index in [9.17, 15) is 27.6 Å². The monoisotopic (exact) mass is 424 g/mol. The number of hydrogen-bond acceptors (Lipinski definition) is 5. The molecule has 0 saturated heterocycles. The first kappa shape index (κ1) is 22.9. The van der Waals surface area contributed by atoms with Crippen molar-refractivity contribution in [1.29, 1.82) is 0 Å². The molecule has 0 saturated carbocycles. The number of esters is 1. The van der Waals surface area contributed by atoms with E-state index in [2.05, 4.69) is 15.4 Å². The molecule has 0 aliphatic rings. The number of carbonyl (C=O) groups is 3. The Balaban J connectivity index is 2.24. The summed E-state index contributed by atoms with van der Waals surface area (Å²) < 4.78 is 48.7. The van der Waals surface area contributed by atoms with Crippen LogP contribution in [0.5, 0.6) is 0 Å². The van der Waals surface area contributed by atoms with E-state index in [1.807, 2.05) is 0 Å². The number of benzene rings is 2. The number of alkyl halides is 3. The minimum atomic E-state index is -4.68. The van der Waals surface area contributed by atoms with Gasteiger partial charge in [0, 0.05) is 19.3 Å². The number of anilines is 1. The van der Waals surface area contributed by atoms with Gasteiger partial charge in [0.1, 0.15) is 6.61 Å². The lowest BCUT2D eigenvalue weighted by Gasteiger charge is -2.14. The van der Waals surface area contributed by atoms with Crippen molar-refractivity contribution in [2.24, 2.45) is 0 Å². The van der Waals surface area contributed by atoms with E-state index >= 15 is 0 Å². The van der Waals surface area contributed by atoms with Crippen molar-refractivity contribution in [3.8, 4) is 0 Å². The number of hydrogen-bond donors (Lipinski definition) is 2. The first-order valence-electron chi connectivity index (χ1n) is 8.61. The molecule has 160 valence electrons. The molecule has 0 spiro atoms. The lowest BCUT2D eigenvalue weighted by Crippen LogP contribution is -2.26. The number of halogens is 3. The van der Waals surface area contributed by atoms with Crippen LogP contribution in [0.2, 0.25) is 0 Å². The van der Waals surface area contributed by atoms with Crippen LogP contribution >= 0.6 is 0 Å². The van der Waals surface area contributed by atoms with E-state index in [-0.39, 0.29) is 24.4 Å². The second-order valence-electron chi connectivity index (χ2n) is 6.12. The van der Waals surface area contributed by atoms with Crippen molar-refractivity contribution in [2.45, 2.75) is 12.7 Å². The van der Waals surface area contributed by atoms with E-state index in [1.165, 1.54) is 44.6 Å². The molecule has 2 amide bonds. The summed E-state index contributed by atoms with van der Waals surface area (Å²) in [5.41, 5.74) is -0.892. The maximum absolute atomic E-state index is 13.1. The van der Waals surface area contributed by atoms with Crippen LogP contribution in [0.1, 0.15) is 31.8 Å². The maximum atomic E-state index is 13.1. The molecular weight excluding hydrogens is 405 g/mol. The van der Waals surface area contributed by atoms with Gasteiger partial charge < -0.3 is 20.1 Å². The summed E-state index contributed by atoms with van der Waals surface area (Å²) in [7, 11) is 2.51. The molecule has 0 aliphatic heterocycles. The van der Waals surface area contributed by atoms with Gasteiger partial charge >= 0.3 is 12.1 Å². The summed E-state index contributed by atoms with van der Waals surface area (Å²) in [6.07, 6.45) is -4.68. The molecule has 0 aliphatic carbocycles. The number of carbonyl (C=O) groups excluding carboxylic acids is 3. The Bertz CT molecular complexity index is 944. The molecule has 2 rings (SSSR count). The van der Waals surface area contributed by atoms with Crippen LogP contribution in [0.15, 0.2) is 42.5 Å². The third-order valence-corrected chi connectivity index (χ3v) is 3.90. The highest BCUT2D eigenvalue weighted by molar-refractivity contribution is 5.96. The predicted molar refractivity (Wildman–Crippen MR) is 101 cm³/mol. The van der Waals surface area contributed by atoms with Crippen molar-refractivity contribution in [1.82, 2.24) is 5.32 Å². The van der Waals surface area contributed by atoms with Crippen molar-refractivity contribution in [3.05, 3.63) is 64.7 Å². The fourth-order valence-electron chi connectivity index (χ4n) is 2.64. The van der Waals surface area contributed by atoms with Gasteiger partial charge in [0.15, 0.2) is 0 Å². The highest BCUT2D eigenvalue weighted by Crippen LogP contribution is 2.31. The van der Waals surface area contributed by atoms with Gasteiger partial charge in [-0.25, -0.2) is 4.79 Å². The largest absolute Gasteiger partial charge is 0.465 e. The predicted octanol–water partition coefficient (Wildman–Crippen LogP) is 3.01. The van der Waals surface area contributed by atoms with Gasteiger partial charge in [-0.1, -0.05) is 12.1 Å². The van der Waals surface area contributed by atoms with Gasteiger partial charge in [-0.3, -0.25) is 9.59 Å². The molecule has 30 heavy (non-hydrogen) atoms. The molecule has 2 aromatic carbocycles. The van der Waals surface area contributed by atoms with E-state index in [1.54, 1.807) is 0 Å². The third-order valence-electron chi connectivity index (χ3n) is 3.90. The number of amides is 2. The van der Waals surface area contributed by atoms with Crippen molar-refractivity contribution in [3.63, 3.8) is 0 Å². The van der Waals surface area contributed by atoms with Gasteiger partial charge in [0.25, 0.3) is 5.91 Å². The molecule has 0 aromatic heterocycles. The Morgan fingerprint density at radius 2 is 1.73 bits per heavy atom. The van der Waals surface area contributed by atoms with Crippen molar-refractivity contribution < 1.29 is 37.0 Å². The molecule has 7 nitrogen and oxygen atoms in total. The fourth-order valence-corrected chi connectivity index (χ4v) is 2.64. The van der Waals surface area contributed by atoms with Crippen LogP contribution in [-0.4, -0.2) is 38.6 Å². The SMILES string of the molecule is COCC(=O)Nc1cc(CNC(=O)c2ccccc2C(F)(F)F)cc(C(=O)OC)c1. The van der Waals surface area contributed by atoms with Crippen LogP contribution in [0.3, 0.4) is 0 Å². The second-order valence-corrected chi connectivity index (χ2v) is 6.12. The average Bonchev–Trinajstić information content (AvgIpc) is 2.70. The molecule has 0 unspecified atom stereocenters. The Morgan fingerprint density at radius 3 is 2.37 bits per heavy atom. The molecule has 2 aromatic rings. The average molecular weight is 424 g/mol. The molecule has 0 fully saturated rings. The van der Waals surface area contributed by atoms with Crippen LogP contribution < -0.4 is 10.6 Å². The summed E-state index contributed by atoms with van der Waals surface area (Å²) in [5, 5.41) is 4.91. The van der Waals surface area contributed by atoms with Gasteiger partial charge in [-0.15, -0.1) is 0 Å². The van der Waals surface area contributed by atoms with Gasteiger partial charge in [0.2, 0.25) is 5.91 Å². The zero-order valence-electron chi connectivity index (χ0n) is 16.1. The maximum Gasteiger partial charge on any atom is 0.417 e. The number of rotatable bonds is 7. The summed E-state index contributed by atoms with van der Waals surface area (Å²) in [4.78, 5) is 35.9. The quantitative estimate of drug-likeness (QED) is 0.667. The standard InChI is InChI=1S/C20H19F3N2O5/c1-29-11-17(26)25-14-8-12(7-13(9-14)19(28)30-2)10-24-18(27)15-5-3-4-6-16(15)20(21,22)23/h3-9H,10-11H2,1-2H3,(H,24,27)(H,25,26). The highest BCUT2D eigenvalue weighted by atomic mass is 19.4. The fraction of sp³-hybridized carbons (Fsp3) is 0.250. The Kier molecular flexibility index (Phi) is 7.54. The third kappa shape index (κ3) is 6.05. The van der Waals surface area contributed by atoms with Crippen LogP contribution in [0, 0.1) is 0 Å². The summed E-state index contributed by atoms with van der Waals surface area (Å²) in [5.74, 6) is -2.10. The first-order valence-corrected chi connectivity index (χ1v) is 8.61. The van der Waals surface area contributed by atoms with Crippen LogP contribution in [-0.2, 0) is 27.0 Å². The Morgan fingerprint density at radius 1 is 1.03 bits per heavy atom. The van der Waals surface area contributed by atoms with E-state index in [0.29, 0.717) is 5.56 Å². The Labute approximate surface area is 170 Å². The van der Waals surface area contributed by atoms with E-state index < -0.39 is 35.1 Å². The summed E-state index contributed by atoms with van der Waals surface area (Å²) in [6, 6.07) is 8.63. The molecule has 2 N–H and O–H groups in total. The molecule has 10 heteroatoms. The normalized spacial score (nSPS) is 11.0. The molecule has 0 heterocycles. The Hall–Kier alpha value is -3.40. The zero-order chi connectivity index (χ0) is 22.3. The van der Waals surface area contributed by atoms with Crippen molar-refractivity contribution >= 4 is 23.5 Å². The van der Waals surface area contributed by atoms with E-state index in [4.69, 9.17) is 4.74 Å². The number of methoxy groups -OCH3 is 2. The number of ether oxygens (including phenoxy) is 2. The molecular formula is C20H19F3N2O5. The topological polar surface area (TPSA) is 93.7 Å². The number of nitrogens with one attached hydrogen (secondary N) is 2. The van der Waals surface area contributed by atoms with Crippen LogP contribution in [0.4, 0.5) is 18.9 Å². The van der Waals surface area contributed by atoms with Gasteiger partial charge in [-0.05, 0) is 35.9 Å². The van der Waals surface area contributed by atoms with Gasteiger partial charge in [0.05, 0.1) is 23.8 Å². The minimum absolute atomic E-state index is 0.0904. The first-order chi connectivity index (χ1) is 14.2. The molecule has 0 radical (unpaired) electrons.